The van der Waals surface area contributed by atoms with Crippen LogP contribution < -0.4 is 10.2 Å². The van der Waals surface area contributed by atoms with Crippen LogP contribution in [0.4, 0.5) is 15.9 Å². The van der Waals surface area contributed by atoms with Crippen LogP contribution in [-0.4, -0.2) is 29.0 Å². The first kappa shape index (κ1) is 14.4. The number of aryl methyl sites for hydroxylation is 1. The maximum Gasteiger partial charge on any atom is 0.246 e. The lowest BCUT2D eigenvalue weighted by Gasteiger charge is -2.18. The Morgan fingerprint density at radius 3 is 3.00 bits per heavy atom. The molecule has 1 amide bonds. The first-order valence-corrected chi connectivity index (χ1v) is 7.32. The summed E-state index contributed by atoms with van der Waals surface area (Å²) >= 11 is 0. The van der Waals surface area contributed by atoms with Crippen molar-refractivity contribution in [2.24, 2.45) is 0 Å². The summed E-state index contributed by atoms with van der Waals surface area (Å²) in [7, 11) is 0. The van der Waals surface area contributed by atoms with E-state index in [1.54, 1.807) is 4.90 Å². The van der Waals surface area contributed by atoms with E-state index in [1.807, 2.05) is 31.2 Å². The van der Waals surface area contributed by atoms with E-state index in [9.17, 15) is 9.18 Å². The van der Waals surface area contributed by atoms with Gasteiger partial charge in [0.05, 0.1) is 12.2 Å². The van der Waals surface area contributed by atoms with Gasteiger partial charge in [0.25, 0.3) is 0 Å². The van der Waals surface area contributed by atoms with Gasteiger partial charge in [-0.05, 0) is 24.5 Å². The molecule has 1 N–H and O–H groups in total. The van der Waals surface area contributed by atoms with Gasteiger partial charge in [-0.25, -0.2) is 14.4 Å². The highest BCUT2D eigenvalue weighted by atomic mass is 19.1. The van der Waals surface area contributed by atoms with Crippen molar-refractivity contribution in [2.75, 3.05) is 23.3 Å². The summed E-state index contributed by atoms with van der Waals surface area (Å²) in [4.78, 5) is 21.8. The molecular weight excluding hydrogens is 283 g/mol. The van der Waals surface area contributed by atoms with Gasteiger partial charge in [0.15, 0.2) is 11.6 Å². The largest absolute Gasteiger partial charge is 0.358 e. The van der Waals surface area contributed by atoms with Gasteiger partial charge >= 0.3 is 0 Å². The van der Waals surface area contributed by atoms with Crippen molar-refractivity contribution in [1.82, 2.24) is 9.97 Å². The van der Waals surface area contributed by atoms with E-state index in [2.05, 4.69) is 15.3 Å². The van der Waals surface area contributed by atoms with E-state index in [0.717, 1.165) is 17.7 Å². The summed E-state index contributed by atoms with van der Waals surface area (Å²) in [5.41, 5.74) is 2.44. The topological polar surface area (TPSA) is 58.1 Å². The van der Waals surface area contributed by atoms with E-state index in [4.69, 9.17) is 0 Å². The second kappa shape index (κ2) is 6.09. The number of carbonyl (C=O) groups is 1. The zero-order valence-corrected chi connectivity index (χ0v) is 12.3. The van der Waals surface area contributed by atoms with Crippen LogP contribution in [0.15, 0.2) is 30.6 Å². The Bertz CT molecular complexity index is 704. The van der Waals surface area contributed by atoms with Crippen molar-refractivity contribution in [1.29, 1.82) is 0 Å². The quantitative estimate of drug-likeness (QED) is 0.940. The van der Waals surface area contributed by atoms with Crippen LogP contribution in [0.3, 0.4) is 0 Å². The third kappa shape index (κ3) is 2.64. The number of halogens is 1. The van der Waals surface area contributed by atoms with Gasteiger partial charge in [0, 0.05) is 12.2 Å². The molecule has 2 heterocycles. The van der Waals surface area contributed by atoms with Gasteiger partial charge in [-0.15, -0.1) is 0 Å². The van der Waals surface area contributed by atoms with Gasteiger partial charge in [-0.1, -0.05) is 25.1 Å². The fourth-order valence-corrected chi connectivity index (χ4v) is 2.63. The molecule has 0 radical (unpaired) electrons. The van der Waals surface area contributed by atoms with Gasteiger partial charge < -0.3 is 10.2 Å². The Balaban J connectivity index is 1.69. The molecular formula is C16H17FN4O. The maximum absolute atomic E-state index is 14.0. The fraction of sp³-hybridized carbons (Fsp3) is 0.312. The minimum absolute atomic E-state index is 0.00538. The van der Waals surface area contributed by atoms with Crippen molar-refractivity contribution >= 4 is 17.4 Å². The molecule has 0 unspecified atom stereocenters. The molecule has 22 heavy (non-hydrogen) atoms. The number of carbonyl (C=O) groups excluding carboxylic acids is 1. The highest BCUT2D eigenvalue weighted by molar-refractivity contribution is 5.97. The lowest BCUT2D eigenvalue weighted by Crippen LogP contribution is -2.34. The lowest BCUT2D eigenvalue weighted by atomic mass is 10.2. The highest BCUT2D eigenvalue weighted by Crippen LogP contribution is 2.27. The molecule has 0 bridgehead atoms. The first-order chi connectivity index (χ1) is 10.7. The van der Waals surface area contributed by atoms with E-state index < -0.39 is 5.82 Å². The molecule has 1 aromatic heterocycles. The van der Waals surface area contributed by atoms with Crippen LogP contribution >= 0.6 is 0 Å². The number of para-hydroxylation sites is 1. The average molecular weight is 300 g/mol. The molecule has 1 aliphatic rings. The van der Waals surface area contributed by atoms with E-state index in [0.29, 0.717) is 18.7 Å². The molecule has 0 atom stereocenters. The van der Waals surface area contributed by atoms with Crippen LogP contribution in [0.5, 0.6) is 0 Å². The van der Waals surface area contributed by atoms with Crippen LogP contribution in [0.2, 0.25) is 0 Å². The zero-order valence-electron chi connectivity index (χ0n) is 12.3. The van der Waals surface area contributed by atoms with Gasteiger partial charge in [0.1, 0.15) is 6.33 Å². The maximum atomic E-state index is 14.0. The molecule has 3 rings (SSSR count). The van der Waals surface area contributed by atoms with Crippen LogP contribution in [-0.2, 0) is 17.6 Å². The van der Waals surface area contributed by atoms with E-state index >= 15 is 0 Å². The Morgan fingerprint density at radius 1 is 1.36 bits per heavy atom. The molecule has 0 aliphatic carbocycles. The smallest absolute Gasteiger partial charge is 0.246 e. The Morgan fingerprint density at radius 2 is 2.18 bits per heavy atom. The van der Waals surface area contributed by atoms with Crippen molar-refractivity contribution < 1.29 is 9.18 Å². The zero-order chi connectivity index (χ0) is 15.5. The minimum atomic E-state index is -0.486. The van der Waals surface area contributed by atoms with Crippen LogP contribution in [0.25, 0.3) is 0 Å². The number of anilines is 2. The van der Waals surface area contributed by atoms with E-state index in [-0.39, 0.29) is 18.3 Å². The summed E-state index contributed by atoms with van der Waals surface area (Å²) in [6.07, 6.45) is 2.64. The number of hydrogen-bond acceptors (Lipinski definition) is 4. The summed E-state index contributed by atoms with van der Waals surface area (Å²) in [5, 5.41) is 2.78. The molecule has 6 heteroatoms. The number of nitrogens with one attached hydrogen (secondary N) is 1. The fourth-order valence-electron chi connectivity index (χ4n) is 2.63. The number of aromatic nitrogens is 2. The number of nitrogens with zero attached hydrogens (tertiary/aromatic N) is 3. The SMILES string of the molecule is CCc1ncnc(NCC(=O)N2CCc3ccccc32)c1F. The molecule has 114 valence electrons. The number of benzene rings is 1. The summed E-state index contributed by atoms with van der Waals surface area (Å²) < 4.78 is 14.0. The predicted molar refractivity (Wildman–Crippen MR) is 82.4 cm³/mol. The molecule has 0 saturated heterocycles. The van der Waals surface area contributed by atoms with E-state index in [1.165, 1.54) is 6.33 Å². The van der Waals surface area contributed by atoms with Crippen LogP contribution in [0.1, 0.15) is 18.2 Å². The number of fused-ring (bicyclic) bond motifs is 1. The predicted octanol–water partition coefficient (Wildman–Crippen LogP) is 2.18. The summed E-state index contributed by atoms with van der Waals surface area (Å²) in [6, 6.07) is 7.83. The highest BCUT2D eigenvalue weighted by Gasteiger charge is 2.24. The van der Waals surface area contributed by atoms with Crippen molar-refractivity contribution in [2.45, 2.75) is 19.8 Å². The molecule has 5 nitrogen and oxygen atoms in total. The van der Waals surface area contributed by atoms with Crippen molar-refractivity contribution in [3.63, 3.8) is 0 Å². The first-order valence-electron chi connectivity index (χ1n) is 7.32. The Hall–Kier alpha value is -2.50. The average Bonchev–Trinajstić information content (AvgIpc) is 2.98. The number of rotatable bonds is 4. The molecule has 1 aliphatic heterocycles. The monoisotopic (exact) mass is 300 g/mol. The molecule has 0 saturated carbocycles. The Kier molecular flexibility index (Phi) is 4.00. The normalized spacial score (nSPS) is 13.1. The van der Waals surface area contributed by atoms with Gasteiger partial charge in [-0.3, -0.25) is 4.79 Å². The number of amides is 1. The second-order valence-corrected chi connectivity index (χ2v) is 5.11. The summed E-state index contributed by atoms with van der Waals surface area (Å²) in [6.45, 7) is 2.49. The third-order valence-corrected chi connectivity index (χ3v) is 3.79. The van der Waals surface area contributed by atoms with Crippen LogP contribution in [0, 0.1) is 5.82 Å². The molecule has 1 aromatic carbocycles. The minimum Gasteiger partial charge on any atom is -0.358 e. The van der Waals surface area contributed by atoms with Crippen molar-refractivity contribution in [3.8, 4) is 0 Å². The Labute approximate surface area is 128 Å². The van der Waals surface area contributed by atoms with Crippen molar-refractivity contribution in [3.05, 3.63) is 47.7 Å². The molecule has 2 aromatic rings. The summed E-state index contributed by atoms with van der Waals surface area (Å²) in [5.74, 6) is -0.506. The standard InChI is InChI=1S/C16H17FN4O/c1-2-12-15(17)16(20-10-19-12)18-9-14(22)21-8-7-11-5-3-4-6-13(11)21/h3-6,10H,2,7-9H2,1H3,(H,18,19,20). The lowest BCUT2D eigenvalue weighted by molar-refractivity contribution is -0.116. The van der Waals surface area contributed by atoms with Gasteiger partial charge in [0.2, 0.25) is 5.91 Å². The van der Waals surface area contributed by atoms with Gasteiger partial charge in [-0.2, -0.15) is 0 Å². The number of hydrogen-bond donors (Lipinski definition) is 1. The third-order valence-electron chi connectivity index (χ3n) is 3.79. The second-order valence-electron chi connectivity index (χ2n) is 5.11. The molecule has 0 spiro atoms. The molecule has 0 fully saturated rings.